The molecule has 5 aliphatic rings. The Hall–Kier alpha value is -5.66. The fraction of sp³-hybridized carbons (Fsp3) is 0.558. The molecule has 1 aliphatic carbocycles. The second-order valence-corrected chi connectivity index (χ2v) is 20.4. The first kappa shape index (κ1) is 48.0. The molecule has 4 aromatic heterocycles. The number of ether oxygens (including phenoxy) is 4. The van der Waals surface area contributed by atoms with Crippen LogP contribution in [0.2, 0.25) is 0 Å². The lowest BCUT2D eigenvalue weighted by atomic mass is 9.84. The first-order valence-corrected chi connectivity index (χ1v) is 24.9. The van der Waals surface area contributed by atoms with Crippen LogP contribution in [0.4, 0.5) is 4.39 Å². The number of carbonyl (C=O) groups excluding carboxylic acids is 3. The second-order valence-electron chi connectivity index (χ2n) is 20.4. The summed E-state index contributed by atoms with van der Waals surface area (Å²) in [4.78, 5) is 64.1. The molecule has 0 unspecified atom stereocenters. The zero-order valence-corrected chi connectivity index (χ0v) is 40.6. The lowest BCUT2D eigenvalue weighted by Crippen LogP contribution is -2.62. The lowest BCUT2D eigenvalue weighted by Gasteiger charge is -2.38. The monoisotopic (exact) mass is 961 g/mol. The fourth-order valence-corrected chi connectivity index (χ4v) is 11.1. The Morgan fingerprint density at radius 1 is 1.07 bits per heavy atom. The van der Waals surface area contributed by atoms with E-state index in [1.54, 1.807) is 31.8 Å². The number of esters is 1. The van der Waals surface area contributed by atoms with E-state index in [9.17, 15) is 9.59 Å². The Kier molecular flexibility index (Phi) is 13.9. The van der Waals surface area contributed by atoms with Gasteiger partial charge >= 0.3 is 5.97 Å². The number of alkyl halides is 1. The molecule has 8 heterocycles. The molecule has 0 radical (unpaired) electrons. The van der Waals surface area contributed by atoms with Crippen molar-refractivity contribution >= 4 is 28.7 Å². The lowest BCUT2D eigenvalue weighted by molar-refractivity contribution is -0.156. The molecule has 372 valence electrons. The molecule has 2 amide bonds. The number of fused-ring (bicyclic) bond motifs is 6. The van der Waals surface area contributed by atoms with E-state index in [0.29, 0.717) is 57.9 Å². The van der Waals surface area contributed by atoms with Crippen LogP contribution < -0.4 is 10.7 Å². The van der Waals surface area contributed by atoms with Gasteiger partial charge in [-0.05, 0) is 87.3 Å². The highest BCUT2D eigenvalue weighted by molar-refractivity contribution is 5.95. The number of methoxy groups -OCH3 is 1. The van der Waals surface area contributed by atoms with Gasteiger partial charge < -0.3 is 33.2 Å². The molecule has 3 saturated heterocycles. The number of cyclic esters (lactones) is 1. The minimum Gasteiger partial charge on any atom is -0.464 e. The number of rotatable bonds is 11. The van der Waals surface area contributed by atoms with Crippen LogP contribution in [0, 0.1) is 17.3 Å². The number of nitrogens with zero attached hydrogens (tertiary/aromatic N) is 7. The highest BCUT2D eigenvalue weighted by atomic mass is 19.1. The third-order valence-electron chi connectivity index (χ3n) is 15.0. The van der Waals surface area contributed by atoms with Gasteiger partial charge in [0, 0.05) is 104 Å². The molecular formula is C52H64FN9O8. The summed E-state index contributed by atoms with van der Waals surface area (Å²) < 4.78 is 48.3. The van der Waals surface area contributed by atoms with Crippen LogP contribution in [-0.4, -0.2) is 130 Å². The first-order chi connectivity index (χ1) is 33.9. The van der Waals surface area contributed by atoms with Gasteiger partial charge in [-0.15, -0.1) is 0 Å². The molecule has 1 aromatic carbocycles. The zero-order valence-electron chi connectivity index (χ0n) is 40.6. The molecule has 1 saturated carbocycles. The van der Waals surface area contributed by atoms with E-state index >= 15 is 9.18 Å². The molecule has 4 aliphatic heterocycles. The van der Waals surface area contributed by atoms with E-state index in [4.69, 9.17) is 33.3 Å². The average molecular weight is 962 g/mol. The zero-order chi connectivity index (χ0) is 48.7. The molecule has 5 aromatic rings. The number of oxazole rings is 1. The number of hydrogen-bond acceptors (Lipinski definition) is 14. The molecule has 70 heavy (non-hydrogen) atoms. The third-order valence-corrected chi connectivity index (χ3v) is 15.0. The van der Waals surface area contributed by atoms with Gasteiger partial charge in [-0.25, -0.2) is 24.8 Å². The predicted molar refractivity (Wildman–Crippen MR) is 255 cm³/mol. The van der Waals surface area contributed by atoms with Crippen molar-refractivity contribution in [2.75, 3.05) is 53.2 Å². The van der Waals surface area contributed by atoms with Crippen LogP contribution in [0.5, 0.6) is 0 Å². The van der Waals surface area contributed by atoms with Crippen molar-refractivity contribution in [2.24, 2.45) is 17.3 Å². The molecule has 17 nitrogen and oxygen atoms in total. The first-order valence-electron chi connectivity index (χ1n) is 24.9. The molecule has 2 N–H and O–H groups in total. The fourth-order valence-electron chi connectivity index (χ4n) is 11.1. The Bertz CT molecular complexity index is 2690. The smallest absolute Gasteiger partial charge is 0.324 e. The highest BCUT2D eigenvalue weighted by Crippen LogP contribution is 2.53. The number of pyridine rings is 1. The molecule has 10 rings (SSSR count). The number of hydrogen-bond donors (Lipinski definition) is 2. The number of aromatic nitrogens is 5. The molecule has 8 atom stereocenters. The topological polar surface area (TPSA) is 188 Å². The van der Waals surface area contributed by atoms with Crippen molar-refractivity contribution < 1.29 is 42.1 Å². The van der Waals surface area contributed by atoms with E-state index in [1.165, 1.54) is 11.3 Å². The molecule has 18 heteroatoms. The molecule has 4 fully saturated rings. The van der Waals surface area contributed by atoms with E-state index < -0.39 is 47.5 Å². The highest BCUT2D eigenvalue weighted by Gasteiger charge is 2.55. The van der Waals surface area contributed by atoms with Crippen LogP contribution in [0.1, 0.15) is 101 Å². The Balaban J connectivity index is 1.10. The Labute approximate surface area is 407 Å². The quantitative estimate of drug-likeness (QED) is 0.141. The van der Waals surface area contributed by atoms with Gasteiger partial charge in [0.2, 0.25) is 11.8 Å². The summed E-state index contributed by atoms with van der Waals surface area (Å²) in [7, 11) is 1.68. The van der Waals surface area contributed by atoms with Crippen LogP contribution in [0.15, 0.2) is 65.8 Å². The van der Waals surface area contributed by atoms with Gasteiger partial charge in [0.05, 0.1) is 36.8 Å². The van der Waals surface area contributed by atoms with Gasteiger partial charge in [-0.3, -0.25) is 29.3 Å². The van der Waals surface area contributed by atoms with Gasteiger partial charge in [0.1, 0.15) is 42.6 Å². The van der Waals surface area contributed by atoms with E-state index in [1.807, 2.05) is 30.9 Å². The van der Waals surface area contributed by atoms with Crippen LogP contribution in [0.25, 0.3) is 33.4 Å². The van der Waals surface area contributed by atoms with E-state index in [0.717, 1.165) is 57.5 Å². The summed E-state index contributed by atoms with van der Waals surface area (Å²) in [5, 5.41) is 5.48. The standard InChI is InChI=1S/C52H64FN9O8/c1-30-42(38-12-17-54-29-56-38)43(30)48(63)58-45-47(60-19-13-33(53)26-60)49-57-40(27-69-49)32-10-11-41-36(24-32)37(25-52(3,4)28-70-51(65)39-9-7-18-62(59-39)50(45)64)46(35-8-6-16-55-44(35)31(2)66-5)61(41)20-23-68-34-14-21-67-22-15-34/h6,8,10-12,16-17,24,27,29-31,33-34,39,42-43,45,47,59H,7,9,13-15,18-23,25-26,28H2,1-5H3,(H,58,63)/t30-,31-,33-,39-,42-,43+,45-,47-/m0/s1. The predicted octanol–water partition coefficient (Wildman–Crippen LogP) is 6.29. The maximum Gasteiger partial charge on any atom is 0.324 e. The summed E-state index contributed by atoms with van der Waals surface area (Å²) in [6.07, 6.45) is 8.43. The minimum atomic E-state index is -1.28. The van der Waals surface area contributed by atoms with E-state index in [-0.39, 0.29) is 62.0 Å². The van der Waals surface area contributed by atoms with Gasteiger partial charge in [-0.2, -0.15) is 0 Å². The summed E-state index contributed by atoms with van der Waals surface area (Å²) >= 11 is 0. The van der Waals surface area contributed by atoms with Crippen LogP contribution in [0.3, 0.4) is 0 Å². The third kappa shape index (κ3) is 9.72. The summed E-state index contributed by atoms with van der Waals surface area (Å²) in [6, 6.07) is 8.91. The second kappa shape index (κ2) is 20.2. The van der Waals surface area contributed by atoms with Crippen molar-refractivity contribution in [3.05, 3.63) is 84.2 Å². The maximum absolute atomic E-state index is 15.3. The van der Waals surface area contributed by atoms with Gasteiger partial charge in [0.25, 0.3) is 5.91 Å². The van der Waals surface area contributed by atoms with Crippen LogP contribution >= 0.6 is 0 Å². The van der Waals surface area contributed by atoms with Crippen molar-refractivity contribution in [3.8, 4) is 22.5 Å². The van der Waals surface area contributed by atoms with E-state index in [2.05, 4.69) is 57.3 Å². The number of benzene rings is 1. The summed E-state index contributed by atoms with van der Waals surface area (Å²) in [5.41, 5.74) is 9.26. The van der Waals surface area contributed by atoms with Crippen molar-refractivity contribution in [2.45, 2.75) is 115 Å². The Morgan fingerprint density at radius 2 is 1.91 bits per heavy atom. The molecule has 6 bridgehead atoms. The van der Waals surface area contributed by atoms with Crippen LogP contribution in [-0.2, 0) is 46.3 Å². The number of likely N-dealkylation sites (tertiary alicyclic amines) is 1. The number of carbonyl (C=O) groups is 3. The van der Waals surface area contributed by atoms with Crippen molar-refractivity contribution in [1.29, 1.82) is 0 Å². The number of nitrogens with one attached hydrogen (secondary N) is 2. The summed E-state index contributed by atoms with van der Waals surface area (Å²) in [6.45, 7) is 11.2. The van der Waals surface area contributed by atoms with Gasteiger partial charge in [0.15, 0.2) is 0 Å². The SMILES string of the molecule is CO[C@@H](C)c1ncccc1-c1c2c3cc(ccc3n1CCOC1CCOCC1)-c1coc(n1)[C@@H](N1CC[C@H](F)C1)[C@H](NC(=O)[C@@H]1[C@@H](C)[C@H]1c1ccncn1)C(=O)N1CCC[C@H](N1)C(=O)OCC(C)(C)C2. The van der Waals surface area contributed by atoms with Crippen molar-refractivity contribution in [3.63, 3.8) is 0 Å². The minimum absolute atomic E-state index is 0.00541. The maximum atomic E-state index is 15.3. The number of amides is 2. The van der Waals surface area contributed by atoms with Gasteiger partial charge in [-0.1, -0.05) is 26.8 Å². The average Bonchev–Trinajstić information content (AvgIpc) is 3.68. The molecular weight excluding hydrogens is 898 g/mol. The number of halogens is 1. The normalized spacial score (nSPS) is 27.0. The largest absolute Gasteiger partial charge is 0.464 e. The molecule has 0 spiro atoms. The van der Waals surface area contributed by atoms with Crippen molar-refractivity contribution in [1.82, 2.24) is 45.2 Å². The summed E-state index contributed by atoms with van der Waals surface area (Å²) in [5.74, 6) is -1.87. The number of hydrazine groups is 1. The Morgan fingerprint density at radius 3 is 2.69 bits per heavy atom.